The van der Waals surface area contributed by atoms with Crippen LogP contribution in [0.5, 0.6) is 0 Å². The number of carbonyl (C=O) groups is 2. The van der Waals surface area contributed by atoms with Crippen LogP contribution in [0, 0.1) is 79.3 Å². The molecular weight excluding hydrogens is 753 g/mol. The zero-order chi connectivity index (χ0) is 42.4. The minimum atomic E-state index is -1.27. The van der Waals surface area contributed by atoms with E-state index in [-0.39, 0.29) is 52.1 Å². The molecule has 1 aromatic rings. The molecule has 8 heteroatoms. The molecule has 0 aromatic heterocycles. The molecule has 3 spiro atoms. The van der Waals surface area contributed by atoms with Crippen molar-refractivity contribution in [3.05, 3.63) is 57.5 Å². The number of rotatable bonds is 4. The van der Waals surface area contributed by atoms with Crippen LogP contribution in [0.4, 0.5) is 0 Å². The predicted octanol–water partition coefficient (Wildman–Crippen LogP) is 5.48. The van der Waals surface area contributed by atoms with E-state index in [1.807, 2.05) is 13.0 Å². The molecule has 0 amide bonds. The third-order valence-electron chi connectivity index (χ3n) is 21.5. The van der Waals surface area contributed by atoms with E-state index in [9.17, 15) is 35.4 Å². The zero-order valence-electron chi connectivity index (χ0n) is 36.4. The summed E-state index contributed by atoms with van der Waals surface area (Å²) in [6.45, 7) is 10.3. The summed E-state index contributed by atoms with van der Waals surface area (Å²) >= 11 is 0. The highest BCUT2D eigenvalue weighted by molar-refractivity contribution is 5.96. The van der Waals surface area contributed by atoms with Crippen LogP contribution in [-0.4, -0.2) is 73.2 Å². The molecule has 60 heavy (non-hydrogen) atoms. The normalized spacial score (nSPS) is 52.1. The van der Waals surface area contributed by atoms with E-state index in [1.165, 1.54) is 5.57 Å². The lowest BCUT2D eigenvalue weighted by molar-refractivity contribution is -0.339. The topological polar surface area (TPSA) is 156 Å². The summed E-state index contributed by atoms with van der Waals surface area (Å²) in [7, 11) is 0. The SMILES string of the molecule is C[C@@H](O)c1cc(C=O)c2c(c1)=C[C@@H]1[C@@H](C=2)CC[C@@]23CC[C@@H]4[C@](C)([C@H](O)CO)[C@@H](O)CC[C@@]14[C@H]2C(=O)C=C1[C@H]2CC(C)(C)C[C@@]45CCC[C@@H]4C=C[C@]4(O)[C@@H](CC[C@@H](O)[C@@]254)[C@]13C. The highest BCUT2D eigenvalue weighted by atomic mass is 16.3. The fourth-order valence-electron chi connectivity index (χ4n) is 19.9. The van der Waals surface area contributed by atoms with Crippen LogP contribution in [-0.2, 0) is 4.79 Å². The number of benzene rings is 1. The lowest BCUT2D eigenvalue weighted by Crippen LogP contribution is -2.82. The molecule has 18 atom stereocenters. The van der Waals surface area contributed by atoms with E-state index in [0.717, 1.165) is 61.7 Å². The molecule has 0 aliphatic heterocycles. The van der Waals surface area contributed by atoms with Crippen molar-refractivity contribution in [1.29, 1.82) is 0 Å². The smallest absolute Gasteiger partial charge is 0.159 e. The number of hydrogen-bond acceptors (Lipinski definition) is 8. The molecule has 4 bridgehead atoms. The van der Waals surface area contributed by atoms with Gasteiger partial charge in [-0.05, 0) is 169 Å². The Morgan fingerprint density at radius 2 is 1.65 bits per heavy atom. The molecule has 8 nitrogen and oxygen atoms in total. The fraction of sp³-hybridized carbons (Fsp3) is 0.731. The molecule has 0 saturated heterocycles. The van der Waals surface area contributed by atoms with E-state index in [0.29, 0.717) is 49.7 Å². The third kappa shape index (κ3) is 4.23. The maximum atomic E-state index is 16.2. The van der Waals surface area contributed by atoms with E-state index in [4.69, 9.17) is 0 Å². The average Bonchev–Trinajstić information content (AvgIpc) is 3.59. The Labute approximate surface area is 354 Å². The van der Waals surface area contributed by atoms with Gasteiger partial charge in [0, 0.05) is 33.6 Å². The van der Waals surface area contributed by atoms with Crippen LogP contribution in [0.3, 0.4) is 0 Å². The average molecular weight is 821 g/mol. The second-order valence-corrected chi connectivity index (χ2v) is 23.5. The number of fused-ring (bicyclic) bond motifs is 5. The Morgan fingerprint density at radius 1 is 0.883 bits per heavy atom. The Balaban J connectivity index is 1.21. The summed E-state index contributed by atoms with van der Waals surface area (Å²) in [4.78, 5) is 29.0. The lowest BCUT2D eigenvalue weighted by atomic mass is 9.23. The molecule has 7 fully saturated rings. The summed E-state index contributed by atoms with van der Waals surface area (Å²) in [5.41, 5.74) is -3.03. The van der Waals surface area contributed by atoms with Gasteiger partial charge in [0.1, 0.15) is 0 Å². The molecule has 0 radical (unpaired) electrons. The van der Waals surface area contributed by atoms with E-state index < -0.39 is 69.6 Å². The van der Waals surface area contributed by atoms with Gasteiger partial charge < -0.3 is 30.6 Å². The first-order valence-electron chi connectivity index (χ1n) is 23.7. The third-order valence-corrected chi connectivity index (χ3v) is 21.5. The van der Waals surface area contributed by atoms with Crippen LogP contribution in [0.1, 0.15) is 140 Å². The molecule has 0 heterocycles. The van der Waals surface area contributed by atoms with Crippen LogP contribution in [0.2, 0.25) is 0 Å². The molecule has 11 rings (SSSR count). The van der Waals surface area contributed by atoms with Crippen LogP contribution >= 0.6 is 0 Å². The quantitative estimate of drug-likeness (QED) is 0.173. The number of carbonyl (C=O) groups excluding carboxylic acids is 2. The largest absolute Gasteiger partial charge is 0.394 e. The molecule has 324 valence electrons. The maximum Gasteiger partial charge on any atom is 0.159 e. The highest BCUT2D eigenvalue weighted by Gasteiger charge is 2.86. The van der Waals surface area contributed by atoms with Gasteiger partial charge in [0.05, 0.1) is 36.6 Å². The first kappa shape index (κ1) is 40.3. The van der Waals surface area contributed by atoms with Gasteiger partial charge in [0.25, 0.3) is 0 Å². The van der Waals surface area contributed by atoms with Crippen molar-refractivity contribution < 1.29 is 40.2 Å². The Hall–Kier alpha value is -2.46. The van der Waals surface area contributed by atoms with Crippen LogP contribution < -0.4 is 10.4 Å². The van der Waals surface area contributed by atoms with Gasteiger partial charge in [-0.2, -0.15) is 0 Å². The number of aldehydes is 1. The number of ketones is 1. The van der Waals surface area contributed by atoms with Gasteiger partial charge in [0.15, 0.2) is 12.1 Å². The number of allylic oxidation sites excluding steroid dienone is 3. The van der Waals surface area contributed by atoms with Gasteiger partial charge >= 0.3 is 0 Å². The first-order valence-corrected chi connectivity index (χ1v) is 23.7. The zero-order valence-corrected chi connectivity index (χ0v) is 36.4. The minimum absolute atomic E-state index is 0.0491. The summed E-state index contributed by atoms with van der Waals surface area (Å²) in [5.74, 6) is -1.02. The molecule has 1 aromatic carbocycles. The van der Waals surface area contributed by atoms with Crippen LogP contribution in [0.25, 0.3) is 12.2 Å². The van der Waals surface area contributed by atoms with Crippen molar-refractivity contribution in [3.8, 4) is 0 Å². The summed E-state index contributed by atoms with van der Waals surface area (Å²) in [6.07, 6.45) is 18.5. The van der Waals surface area contributed by atoms with Crippen molar-refractivity contribution in [1.82, 2.24) is 0 Å². The van der Waals surface area contributed by atoms with Gasteiger partial charge in [0.2, 0.25) is 0 Å². The van der Waals surface area contributed by atoms with E-state index >= 15 is 4.79 Å². The maximum absolute atomic E-state index is 16.2. The highest BCUT2D eigenvalue weighted by Crippen LogP contribution is 2.87. The van der Waals surface area contributed by atoms with Gasteiger partial charge in [-0.1, -0.05) is 64.0 Å². The van der Waals surface area contributed by atoms with Crippen LogP contribution in [0.15, 0.2) is 35.9 Å². The van der Waals surface area contributed by atoms with E-state index in [1.54, 1.807) is 13.0 Å². The second-order valence-electron chi connectivity index (χ2n) is 23.5. The summed E-state index contributed by atoms with van der Waals surface area (Å²) in [5, 5.41) is 74.1. The summed E-state index contributed by atoms with van der Waals surface area (Å²) in [6, 6.07) is 3.78. The molecule has 0 unspecified atom stereocenters. The Bertz CT molecular complexity index is 2250. The van der Waals surface area contributed by atoms with Crippen molar-refractivity contribution in [2.75, 3.05) is 6.61 Å². The lowest BCUT2D eigenvalue weighted by Gasteiger charge is -2.81. The van der Waals surface area contributed by atoms with Gasteiger partial charge in [-0.3, -0.25) is 9.59 Å². The van der Waals surface area contributed by atoms with Gasteiger partial charge in [-0.15, -0.1) is 0 Å². The minimum Gasteiger partial charge on any atom is -0.394 e. The van der Waals surface area contributed by atoms with Crippen molar-refractivity contribution in [3.63, 3.8) is 0 Å². The van der Waals surface area contributed by atoms with Crippen molar-refractivity contribution in [2.45, 2.75) is 148 Å². The van der Waals surface area contributed by atoms with Gasteiger partial charge in [-0.25, -0.2) is 0 Å². The molecule has 10 aliphatic rings. The fourth-order valence-corrected chi connectivity index (χ4v) is 19.9. The monoisotopic (exact) mass is 820 g/mol. The Kier molecular flexibility index (Phi) is 8.34. The number of aliphatic hydroxyl groups excluding tert-OH is 5. The molecule has 10 aliphatic carbocycles. The standard InChI is InChI=1S/C52H68O8/c1-28(55)30-19-31-22-35-29(21-34(31)32(20-30)25-53)10-15-48-16-12-39-46(4,43(59)26-54)41(57)13-17-50(35,39)44(48)38(56)23-36-37-24-45(2,3)27-49-14-6-7-33(49)11-18-51(60)40(47(36,48)5)8-9-42(58)52(37,49)51/h11,18-23,25,28-29,33,35,37,39-44,54-55,57-60H,6-10,12-17,24,26-27H2,1-5H3/t28-,29-,33-,35-,37-,39-,40+,41+,42-,43-,44+,46+,47+,48-,49+,50-,51+,52+/m1/s1. The predicted molar refractivity (Wildman–Crippen MR) is 227 cm³/mol. The number of aliphatic hydroxyl groups is 6. The second kappa shape index (κ2) is 12.4. The first-order chi connectivity index (χ1) is 28.4. The van der Waals surface area contributed by atoms with Crippen molar-refractivity contribution in [2.24, 2.45) is 79.3 Å². The molecule has 6 N–H and O–H groups in total. The van der Waals surface area contributed by atoms with Crippen molar-refractivity contribution >= 4 is 24.2 Å². The summed E-state index contributed by atoms with van der Waals surface area (Å²) < 4.78 is 0. The Morgan fingerprint density at radius 3 is 2.38 bits per heavy atom. The molecular formula is C52H68O8. The number of hydrogen-bond donors (Lipinski definition) is 6. The van der Waals surface area contributed by atoms with E-state index in [2.05, 4.69) is 51.2 Å². The molecule has 7 saturated carbocycles.